The second-order valence-corrected chi connectivity index (χ2v) is 4.17. The average molecular weight is 233 g/mol. The third kappa shape index (κ3) is 3.48. The van der Waals surface area contributed by atoms with Crippen LogP contribution >= 0.6 is 0 Å². The lowest BCUT2D eigenvalue weighted by Gasteiger charge is -2.11. The van der Waals surface area contributed by atoms with Gasteiger partial charge >= 0.3 is 0 Å². The molecular formula is C12H19N5. The van der Waals surface area contributed by atoms with Crippen molar-refractivity contribution in [3.05, 3.63) is 29.3 Å². The second kappa shape index (κ2) is 5.34. The summed E-state index contributed by atoms with van der Waals surface area (Å²) in [7, 11) is 0. The number of hydrogen-bond donors (Lipinski definition) is 3. The molecule has 0 saturated heterocycles. The molecule has 0 amide bonds. The molecule has 0 aliphatic heterocycles. The standard InChI is InChI=1S/C12H19N5/c1-7(2)9-6-4-5-8(3)10(9)16-12(15)17-11(13)14/h4-7H,1-3H3,(H6,13,14,15,16,17). The largest absolute Gasteiger partial charge is 0.370 e. The van der Waals surface area contributed by atoms with Gasteiger partial charge in [-0.2, -0.15) is 4.99 Å². The maximum Gasteiger partial charge on any atom is 0.223 e. The number of rotatable bonds is 2. The molecule has 5 nitrogen and oxygen atoms in total. The van der Waals surface area contributed by atoms with Crippen LogP contribution in [-0.2, 0) is 0 Å². The van der Waals surface area contributed by atoms with Crippen LogP contribution in [0.4, 0.5) is 5.69 Å². The topological polar surface area (TPSA) is 103 Å². The van der Waals surface area contributed by atoms with Gasteiger partial charge < -0.3 is 17.2 Å². The van der Waals surface area contributed by atoms with E-state index in [1.807, 2.05) is 25.1 Å². The SMILES string of the molecule is Cc1cccc(C(C)C)c1N=C(N)N=C(N)N. The Morgan fingerprint density at radius 1 is 1.18 bits per heavy atom. The number of nitrogens with zero attached hydrogens (tertiary/aromatic N) is 2. The summed E-state index contributed by atoms with van der Waals surface area (Å²) in [4.78, 5) is 7.98. The molecule has 0 spiro atoms. The summed E-state index contributed by atoms with van der Waals surface area (Å²) in [5, 5.41) is 0. The molecule has 0 unspecified atom stereocenters. The van der Waals surface area contributed by atoms with Crippen molar-refractivity contribution in [2.75, 3.05) is 0 Å². The third-order valence-electron chi connectivity index (χ3n) is 2.36. The minimum Gasteiger partial charge on any atom is -0.370 e. The Morgan fingerprint density at radius 2 is 1.82 bits per heavy atom. The van der Waals surface area contributed by atoms with E-state index in [-0.39, 0.29) is 11.9 Å². The van der Waals surface area contributed by atoms with E-state index in [0.717, 1.165) is 16.8 Å². The van der Waals surface area contributed by atoms with Crippen LogP contribution in [0.5, 0.6) is 0 Å². The van der Waals surface area contributed by atoms with Crippen LogP contribution in [0.3, 0.4) is 0 Å². The summed E-state index contributed by atoms with van der Waals surface area (Å²) < 4.78 is 0. The van der Waals surface area contributed by atoms with Crippen molar-refractivity contribution in [1.29, 1.82) is 0 Å². The van der Waals surface area contributed by atoms with Gasteiger partial charge in [0.25, 0.3) is 0 Å². The van der Waals surface area contributed by atoms with E-state index in [2.05, 4.69) is 23.8 Å². The van der Waals surface area contributed by atoms with Gasteiger partial charge in [-0.15, -0.1) is 0 Å². The Hall–Kier alpha value is -2.04. The fraction of sp³-hybridized carbons (Fsp3) is 0.333. The van der Waals surface area contributed by atoms with Crippen molar-refractivity contribution >= 4 is 17.6 Å². The van der Waals surface area contributed by atoms with Gasteiger partial charge in [0.05, 0.1) is 5.69 Å². The first-order chi connectivity index (χ1) is 7.91. The summed E-state index contributed by atoms with van der Waals surface area (Å²) in [5.74, 6) is 0.341. The highest BCUT2D eigenvalue weighted by atomic mass is 15.1. The Morgan fingerprint density at radius 3 is 2.35 bits per heavy atom. The first kappa shape index (κ1) is 13.0. The van der Waals surface area contributed by atoms with E-state index >= 15 is 0 Å². The molecule has 1 aromatic carbocycles. The minimum atomic E-state index is -0.0917. The summed E-state index contributed by atoms with van der Waals surface area (Å²) in [6.45, 7) is 6.18. The molecule has 5 heteroatoms. The maximum absolute atomic E-state index is 5.65. The molecule has 0 heterocycles. The van der Waals surface area contributed by atoms with Crippen LogP contribution in [-0.4, -0.2) is 11.9 Å². The fourth-order valence-corrected chi connectivity index (χ4v) is 1.57. The van der Waals surface area contributed by atoms with E-state index in [4.69, 9.17) is 17.2 Å². The van der Waals surface area contributed by atoms with Gasteiger partial charge in [0, 0.05) is 0 Å². The monoisotopic (exact) mass is 233 g/mol. The van der Waals surface area contributed by atoms with Gasteiger partial charge in [-0.25, -0.2) is 4.99 Å². The van der Waals surface area contributed by atoms with E-state index in [0.29, 0.717) is 5.92 Å². The zero-order valence-corrected chi connectivity index (χ0v) is 10.4. The summed E-state index contributed by atoms with van der Waals surface area (Å²) in [6, 6.07) is 6.01. The molecule has 0 saturated carbocycles. The molecule has 0 aliphatic rings. The fourth-order valence-electron chi connectivity index (χ4n) is 1.57. The van der Waals surface area contributed by atoms with Gasteiger partial charge in [0.15, 0.2) is 5.96 Å². The third-order valence-corrected chi connectivity index (χ3v) is 2.36. The predicted molar refractivity (Wildman–Crippen MR) is 72.4 cm³/mol. The highest BCUT2D eigenvalue weighted by Crippen LogP contribution is 2.29. The Balaban J connectivity index is 3.26. The molecule has 0 aliphatic carbocycles. The number of nitrogens with two attached hydrogens (primary N) is 3. The molecule has 0 aromatic heterocycles. The second-order valence-electron chi connectivity index (χ2n) is 4.17. The van der Waals surface area contributed by atoms with Crippen molar-refractivity contribution in [2.45, 2.75) is 26.7 Å². The molecule has 1 rings (SSSR count). The molecule has 92 valence electrons. The van der Waals surface area contributed by atoms with Crippen LogP contribution in [0.15, 0.2) is 28.2 Å². The highest BCUT2D eigenvalue weighted by Gasteiger charge is 2.08. The van der Waals surface area contributed by atoms with Gasteiger partial charge in [-0.05, 0) is 24.0 Å². The number of aryl methyl sites for hydroxylation is 1. The lowest BCUT2D eigenvalue weighted by Crippen LogP contribution is -2.26. The Kier molecular flexibility index (Phi) is 4.09. The van der Waals surface area contributed by atoms with E-state index < -0.39 is 0 Å². The smallest absolute Gasteiger partial charge is 0.223 e. The first-order valence-electron chi connectivity index (χ1n) is 5.45. The number of para-hydroxylation sites is 1. The number of hydrogen-bond acceptors (Lipinski definition) is 1. The Bertz CT molecular complexity index is 456. The van der Waals surface area contributed by atoms with E-state index in [9.17, 15) is 0 Å². The van der Waals surface area contributed by atoms with Crippen molar-refractivity contribution in [2.24, 2.45) is 27.2 Å². The zero-order valence-electron chi connectivity index (χ0n) is 10.4. The van der Waals surface area contributed by atoms with Gasteiger partial charge in [0.1, 0.15) is 0 Å². The van der Waals surface area contributed by atoms with Crippen LogP contribution in [0, 0.1) is 6.92 Å². The van der Waals surface area contributed by atoms with Crippen LogP contribution < -0.4 is 17.2 Å². The van der Waals surface area contributed by atoms with E-state index in [1.54, 1.807) is 0 Å². The van der Waals surface area contributed by atoms with Gasteiger partial charge in [-0.1, -0.05) is 32.0 Å². The molecule has 0 bridgehead atoms. The summed E-state index contributed by atoms with van der Waals surface area (Å²) in [5.41, 5.74) is 19.2. The maximum atomic E-state index is 5.65. The van der Waals surface area contributed by atoms with Crippen molar-refractivity contribution in [3.63, 3.8) is 0 Å². The van der Waals surface area contributed by atoms with Crippen LogP contribution in [0.2, 0.25) is 0 Å². The lowest BCUT2D eigenvalue weighted by molar-refractivity contribution is 0.865. The normalized spacial score (nSPS) is 11.6. The summed E-state index contributed by atoms with van der Waals surface area (Å²) in [6.07, 6.45) is 0. The highest BCUT2D eigenvalue weighted by molar-refractivity contribution is 5.93. The van der Waals surface area contributed by atoms with Crippen molar-refractivity contribution < 1.29 is 0 Å². The molecule has 17 heavy (non-hydrogen) atoms. The molecule has 0 fully saturated rings. The zero-order chi connectivity index (χ0) is 13.0. The Labute approximate surface area is 101 Å². The number of benzene rings is 1. The van der Waals surface area contributed by atoms with Crippen LogP contribution in [0.25, 0.3) is 0 Å². The van der Waals surface area contributed by atoms with Crippen LogP contribution in [0.1, 0.15) is 30.9 Å². The molecule has 0 radical (unpaired) electrons. The molecule has 1 aromatic rings. The van der Waals surface area contributed by atoms with Crippen molar-refractivity contribution in [3.8, 4) is 0 Å². The number of guanidine groups is 2. The number of aliphatic imine (C=N–C) groups is 2. The molecule has 0 atom stereocenters. The summed E-state index contributed by atoms with van der Waals surface area (Å²) >= 11 is 0. The van der Waals surface area contributed by atoms with Crippen molar-refractivity contribution in [1.82, 2.24) is 0 Å². The quantitative estimate of drug-likeness (QED) is 0.530. The first-order valence-corrected chi connectivity index (χ1v) is 5.45. The van der Waals surface area contributed by atoms with Gasteiger partial charge in [-0.3, -0.25) is 0 Å². The lowest BCUT2D eigenvalue weighted by atomic mass is 9.98. The minimum absolute atomic E-state index is 0.0706. The van der Waals surface area contributed by atoms with E-state index in [1.165, 1.54) is 0 Å². The van der Waals surface area contributed by atoms with Gasteiger partial charge in [0.2, 0.25) is 5.96 Å². The average Bonchev–Trinajstić information content (AvgIpc) is 2.19. The predicted octanol–water partition coefficient (Wildman–Crippen LogP) is 1.34. The molecular weight excluding hydrogens is 214 g/mol. The molecule has 6 N–H and O–H groups in total.